The molecule has 28 heavy (non-hydrogen) atoms. The Morgan fingerprint density at radius 1 is 1.11 bits per heavy atom. The number of hydrogen-bond acceptors (Lipinski definition) is 4. The zero-order valence-electron chi connectivity index (χ0n) is 15.1. The lowest BCUT2D eigenvalue weighted by molar-refractivity contribution is -0.127. The van der Waals surface area contributed by atoms with E-state index in [-0.39, 0.29) is 23.6 Å². The molecule has 0 saturated carbocycles. The summed E-state index contributed by atoms with van der Waals surface area (Å²) in [6.45, 7) is 0.994. The first-order chi connectivity index (χ1) is 13.6. The molecule has 1 aliphatic heterocycles. The number of carbonyl (C=O) groups excluding carboxylic acids is 3. The molecule has 4 rings (SSSR count). The van der Waals surface area contributed by atoms with Gasteiger partial charge in [-0.15, -0.1) is 11.3 Å². The number of piperidine rings is 1. The topological polar surface area (TPSA) is 94.3 Å². The van der Waals surface area contributed by atoms with Crippen LogP contribution in [-0.4, -0.2) is 40.7 Å². The third-order valence-corrected chi connectivity index (χ3v) is 5.80. The Morgan fingerprint density at radius 2 is 1.96 bits per heavy atom. The zero-order valence-corrected chi connectivity index (χ0v) is 15.9. The molecule has 1 fully saturated rings. The first kappa shape index (κ1) is 18.2. The molecule has 7 nitrogen and oxygen atoms in total. The maximum absolute atomic E-state index is 12.5. The minimum absolute atomic E-state index is 0.0460. The number of benzene rings is 1. The lowest BCUT2D eigenvalue weighted by atomic mass is 9.97. The number of fused-ring (bicyclic) bond motifs is 1. The van der Waals surface area contributed by atoms with E-state index in [4.69, 9.17) is 0 Å². The van der Waals surface area contributed by atoms with Crippen molar-refractivity contribution < 1.29 is 14.4 Å². The van der Waals surface area contributed by atoms with E-state index >= 15 is 0 Å². The molecule has 0 bridgehead atoms. The number of aromatic amines is 1. The van der Waals surface area contributed by atoms with Gasteiger partial charge in [-0.25, -0.2) is 0 Å². The highest BCUT2D eigenvalue weighted by atomic mass is 32.1. The van der Waals surface area contributed by atoms with E-state index in [9.17, 15) is 14.4 Å². The van der Waals surface area contributed by atoms with Crippen LogP contribution in [0.3, 0.4) is 0 Å². The fourth-order valence-electron chi connectivity index (χ4n) is 3.48. The van der Waals surface area contributed by atoms with Gasteiger partial charge in [-0.2, -0.15) is 0 Å². The second-order valence-corrected chi connectivity index (χ2v) is 7.71. The van der Waals surface area contributed by atoms with Crippen molar-refractivity contribution in [2.75, 3.05) is 13.1 Å². The average Bonchev–Trinajstić information content (AvgIpc) is 3.41. The summed E-state index contributed by atoms with van der Waals surface area (Å²) in [5, 5.41) is 2.65. The van der Waals surface area contributed by atoms with Gasteiger partial charge in [0.25, 0.3) is 11.8 Å². The highest BCUT2D eigenvalue weighted by Gasteiger charge is 2.29. The third-order valence-electron chi connectivity index (χ3n) is 4.94. The lowest BCUT2D eigenvalue weighted by Crippen LogP contribution is -2.50. The van der Waals surface area contributed by atoms with Crippen LogP contribution in [0.15, 0.2) is 48.0 Å². The highest BCUT2D eigenvalue weighted by molar-refractivity contribution is 7.12. The van der Waals surface area contributed by atoms with Crippen molar-refractivity contribution in [3.05, 3.63) is 58.4 Å². The van der Waals surface area contributed by atoms with E-state index < -0.39 is 0 Å². The van der Waals surface area contributed by atoms with Crippen molar-refractivity contribution in [2.45, 2.75) is 12.8 Å². The number of hydrazine groups is 1. The molecule has 0 radical (unpaired) electrons. The van der Waals surface area contributed by atoms with Crippen LogP contribution in [0.4, 0.5) is 0 Å². The van der Waals surface area contributed by atoms with Crippen LogP contribution in [0, 0.1) is 5.92 Å². The van der Waals surface area contributed by atoms with Gasteiger partial charge in [0.2, 0.25) is 5.91 Å². The van der Waals surface area contributed by atoms with Crippen LogP contribution >= 0.6 is 11.3 Å². The molecule has 3 amide bonds. The summed E-state index contributed by atoms with van der Waals surface area (Å²) in [6, 6.07) is 11.1. The second-order valence-electron chi connectivity index (χ2n) is 6.76. The maximum Gasteiger partial charge on any atom is 0.271 e. The van der Waals surface area contributed by atoms with Gasteiger partial charge < -0.3 is 9.88 Å². The van der Waals surface area contributed by atoms with Crippen LogP contribution in [0.5, 0.6) is 0 Å². The van der Waals surface area contributed by atoms with Crippen molar-refractivity contribution in [2.24, 2.45) is 5.92 Å². The SMILES string of the molecule is O=C(NNC(=O)[C@H]1CCCN(C(=O)c2cccs2)C1)c1c[nH]c2ccccc12. The molecule has 0 aliphatic carbocycles. The fraction of sp³-hybridized carbons (Fsp3) is 0.250. The number of hydrogen-bond donors (Lipinski definition) is 3. The Labute approximate surface area is 165 Å². The van der Waals surface area contributed by atoms with Gasteiger partial charge in [0.15, 0.2) is 0 Å². The van der Waals surface area contributed by atoms with E-state index in [1.807, 2.05) is 35.7 Å². The van der Waals surface area contributed by atoms with Gasteiger partial charge in [0.05, 0.1) is 16.4 Å². The van der Waals surface area contributed by atoms with Gasteiger partial charge in [0, 0.05) is 30.2 Å². The summed E-state index contributed by atoms with van der Waals surface area (Å²) in [5.41, 5.74) is 6.32. The van der Waals surface area contributed by atoms with Crippen molar-refractivity contribution in [3.63, 3.8) is 0 Å². The zero-order chi connectivity index (χ0) is 19.5. The van der Waals surface area contributed by atoms with Crippen LogP contribution in [-0.2, 0) is 4.79 Å². The van der Waals surface area contributed by atoms with Gasteiger partial charge in [0.1, 0.15) is 0 Å². The standard InChI is InChI=1S/C20H20N4O3S/c25-18(13-5-3-9-24(12-13)20(27)17-8-4-10-28-17)22-23-19(26)15-11-21-16-7-2-1-6-14(15)16/h1-2,4,6-8,10-11,13,21H,3,5,9,12H2,(H,22,25)(H,23,26)/t13-/m0/s1. The number of nitrogens with one attached hydrogen (secondary N) is 3. The van der Waals surface area contributed by atoms with Crippen LogP contribution in [0.2, 0.25) is 0 Å². The van der Waals surface area contributed by atoms with E-state index in [0.717, 1.165) is 17.3 Å². The summed E-state index contributed by atoms with van der Waals surface area (Å²) < 4.78 is 0. The Morgan fingerprint density at radius 3 is 2.79 bits per heavy atom. The minimum Gasteiger partial charge on any atom is -0.360 e. The summed E-state index contributed by atoms with van der Waals surface area (Å²) in [4.78, 5) is 42.9. The lowest BCUT2D eigenvalue weighted by Gasteiger charge is -2.31. The van der Waals surface area contributed by atoms with E-state index in [0.29, 0.717) is 30.0 Å². The van der Waals surface area contributed by atoms with Gasteiger partial charge >= 0.3 is 0 Å². The van der Waals surface area contributed by atoms with Crippen LogP contribution in [0.1, 0.15) is 32.9 Å². The molecule has 1 saturated heterocycles. The van der Waals surface area contributed by atoms with Crippen molar-refractivity contribution in [1.82, 2.24) is 20.7 Å². The third kappa shape index (κ3) is 3.63. The summed E-state index contributed by atoms with van der Waals surface area (Å²) in [7, 11) is 0. The van der Waals surface area contributed by atoms with E-state index in [2.05, 4.69) is 15.8 Å². The molecule has 1 aromatic carbocycles. The predicted molar refractivity (Wildman–Crippen MR) is 107 cm³/mol. The number of para-hydroxylation sites is 1. The molecule has 0 unspecified atom stereocenters. The molecule has 1 atom stereocenters. The number of thiophene rings is 1. The quantitative estimate of drug-likeness (QED) is 0.594. The number of aromatic nitrogens is 1. The smallest absolute Gasteiger partial charge is 0.271 e. The number of likely N-dealkylation sites (tertiary alicyclic amines) is 1. The molecular formula is C20H20N4O3S. The number of amides is 3. The Balaban J connectivity index is 1.35. The van der Waals surface area contributed by atoms with Gasteiger partial charge in [-0.05, 0) is 30.4 Å². The molecule has 0 spiro atoms. The summed E-state index contributed by atoms with van der Waals surface area (Å²) >= 11 is 1.40. The summed E-state index contributed by atoms with van der Waals surface area (Å²) in [5.74, 6) is -1.05. The molecule has 2 aromatic heterocycles. The minimum atomic E-state index is -0.381. The molecule has 3 N–H and O–H groups in total. The van der Waals surface area contributed by atoms with Crippen molar-refractivity contribution in [1.29, 1.82) is 0 Å². The number of rotatable bonds is 3. The fourth-order valence-corrected chi connectivity index (χ4v) is 4.17. The highest BCUT2D eigenvalue weighted by Crippen LogP contribution is 2.21. The van der Waals surface area contributed by atoms with Crippen LogP contribution in [0.25, 0.3) is 10.9 Å². The monoisotopic (exact) mass is 396 g/mol. The Kier molecular flexibility index (Phi) is 5.12. The molecule has 1 aliphatic rings. The normalized spacial score (nSPS) is 16.7. The second kappa shape index (κ2) is 7.85. The Bertz CT molecular complexity index is 1010. The molecule has 3 heterocycles. The summed E-state index contributed by atoms with van der Waals surface area (Å²) in [6.07, 6.45) is 3.06. The Hall–Kier alpha value is -3.13. The van der Waals surface area contributed by atoms with Gasteiger partial charge in [-0.3, -0.25) is 25.2 Å². The van der Waals surface area contributed by atoms with E-state index in [1.54, 1.807) is 17.2 Å². The number of nitrogens with zero attached hydrogens (tertiary/aromatic N) is 1. The average molecular weight is 396 g/mol. The first-order valence-electron chi connectivity index (χ1n) is 9.12. The molecule has 144 valence electrons. The largest absolute Gasteiger partial charge is 0.360 e. The van der Waals surface area contributed by atoms with E-state index in [1.165, 1.54) is 11.3 Å². The number of H-pyrrole nitrogens is 1. The first-order valence-corrected chi connectivity index (χ1v) is 10.0. The maximum atomic E-state index is 12.5. The van der Waals surface area contributed by atoms with Gasteiger partial charge in [-0.1, -0.05) is 24.3 Å². The predicted octanol–water partition coefficient (Wildman–Crippen LogP) is 2.54. The molecule has 3 aromatic rings. The molecule has 8 heteroatoms. The van der Waals surface area contributed by atoms with Crippen molar-refractivity contribution in [3.8, 4) is 0 Å². The van der Waals surface area contributed by atoms with Crippen LogP contribution < -0.4 is 10.9 Å². The molecular weight excluding hydrogens is 376 g/mol. The number of carbonyl (C=O) groups is 3. The van der Waals surface area contributed by atoms with Crippen molar-refractivity contribution >= 4 is 40.0 Å².